The summed E-state index contributed by atoms with van der Waals surface area (Å²) in [7, 11) is 0. The molecule has 1 nitrogen and oxygen atoms in total. The van der Waals surface area contributed by atoms with E-state index in [1.54, 1.807) is 0 Å². The van der Waals surface area contributed by atoms with Crippen LogP contribution in [0.25, 0.3) is 11.1 Å². The lowest BCUT2D eigenvalue weighted by molar-refractivity contribution is 0.727. The van der Waals surface area contributed by atoms with E-state index in [1.807, 2.05) is 0 Å². The second kappa shape index (κ2) is 6.44. The van der Waals surface area contributed by atoms with Gasteiger partial charge >= 0.3 is 0 Å². The quantitative estimate of drug-likeness (QED) is 0.831. The van der Waals surface area contributed by atoms with Gasteiger partial charge in [-0.05, 0) is 85.7 Å². The van der Waals surface area contributed by atoms with Crippen LogP contribution in [0, 0.1) is 34.6 Å². The Morgan fingerprint density at radius 3 is 1.67 bits per heavy atom. The molecule has 2 rings (SSSR count). The monoisotopic (exact) mass is 281 g/mol. The second-order valence-corrected chi connectivity index (χ2v) is 5.98. The van der Waals surface area contributed by atoms with Gasteiger partial charge in [-0.2, -0.15) is 0 Å². The predicted octanol–water partition coefficient (Wildman–Crippen LogP) is 5.01. The molecule has 0 aliphatic carbocycles. The zero-order chi connectivity index (χ0) is 15.6. The third-order valence-electron chi connectivity index (χ3n) is 4.82. The number of hydrogen-bond donors (Lipinski definition) is 1. The van der Waals surface area contributed by atoms with Crippen molar-refractivity contribution in [3.63, 3.8) is 0 Å². The fourth-order valence-corrected chi connectivity index (χ4v) is 2.99. The van der Waals surface area contributed by atoms with Crippen LogP contribution in [0.15, 0.2) is 24.3 Å². The van der Waals surface area contributed by atoms with E-state index in [1.165, 1.54) is 44.5 Å². The summed E-state index contributed by atoms with van der Waals surface area (Å²) in [4.78, 5) is 0. The number of hydrogen-bond acceptors (Lipinski definition) is 1. The lowest BCUT2D eigenvalue weighted by Crippen LogP contribution is -2.11. The van der Waals surface area contributed by atoms with Crippen LogP contribution in [0.3, 0.4) is 0 Å². The zero-order valence-electron chi connectivity index (χ0n) is 14.2. The highest BCUT2D eigenvalue weighted by Gasteiger charge is 2.13. The lowest BCUT2D eigenvalue weighted by Gasteiger charge is -2.19. The van der Waals surface area contributed by atoms with Gasteiger partial charge in [-0.25, -0.2) is 0 Å². The summed E-state index contributed by atoms with van der Waals surface area (Å²) in [5, 5.41) is 3.37. The summed E-state index contributed by atoms with van der Waals surface area (Å²) in [6.07, 6.45) is 0. The molecule has 0 bridgehead atoms. The summed E-state index contributed by atoms with van der Waals surface area (Å²) in [5.74, 6) is 0. The molecular formula is C20H27N. The molecule has 1 N–H and O–H groups in total. The van der Waals surface area contributed by atoms with Crippen LogP contribution in [-0.2, 0) is 6.54 Å². The standard InChI is InChI=1S/C20H27N/c1-7-21-12-18-8-10-19(11-9-18)20-16(5)14(3)13(2)15(4)17(20)6/h8-11,21H,7,12H2,1-6H3. The van der Waals surface area contributed by atoms with Crippen LogP contribution in [0.5, 0.6) is 0 Å². The molecule has 0 heterocycles. The molecule has 0 amide bonds. The van der Waals surface area contributed by atoms with Crippen LogP contribution in [0.4, 0.5) is 0 Å². The molecule has 2 aromatic carbocycles. The Bertz CT molecular complexity index is 607. The van der Waals surface area contributed by atoms with Gasteiger partial charge in [0.25, 0.3) is 0 Å². The minimum absolute atomic E-state index is 0.945. The maximum Gasteiger partial charge on any atom is 0.0205 e. The smallest absolute Gasteiger partial charge is 0.0205 e. The van der Waals surface area contributed by atoms with Gasteiger partial charge in [0.1, 0.15) is 0 Å². The average molecular weight is 281 g/mol. The molecule has 0 saturated carbocycles. The predicted molar refractivity (Wildman–Crippen MR) is 92.9 cm³/mol. The fraction of sp³-hybridized carbons (Fsp3) is 0.400. The maximum absolute atomic E-state index is 3.37. The van der Waals surface area contributed by atoms with Gasteiger partial charge in [0.2, 0.25) is 0 Å². The van der Waals surface area contributed by atoms with Gasteiger partial charge in [-0.15, -0.1) is 0 Å². The Labute approximate surface area is 129 Å². The molecule has 0 saturated heterocycles. The highest BCUT2D eigenvalue weighted by molar-refractivity contribution is 5.74. The first-order valence-corrected chi connectivity index (χ1v) is 7.84. The van der Waals surface area contributed by atoms with Gasteiger partial charge in [-0.1, -0.05) is 31.2 Å². The van der Waals surface area contributed by atoms with Crippen molar-refractivity contribution in [2.24, 2.45) is 0 Å². The molecule has 21 heavy (non-hydrogen) atoms. The molecule has 0 aliphatic heterocycles. The molecular weight excluding hydrogens is 254 g/mol. The highest BCUT2D eigenvalue weighted by atomic mass is 14.8. The summed E-state index contributed by atoms with van der Waals surface area (Å²) in [6.45, 7) is 15.3. The van der Waals surface area contributed by atoms with Crippen molar-refractivity contribution in [1.29, 1.82) is 0 Å². The van der Waals surface area contributed by atoms with Crippen molar-refractivity contribution in [2.75, 3.05) is 6.54 Å². The largest absolute Gasteiger partial charge is 0.313 e. The second-order valence-electron chi connectivity index (χ2n) is 5.98. The van der Waals surface area contributed by atoms with Gasteiger partial charge in [-0.3, -0.25) is 0 Å². The molecule has 2 aromatic rings. The van der Waals surface area contributed by atoms with E-state index in [9.17, 15) is 0 Å². The SMILES string of the molecule is CCNCc1ccc(-c2c(C)c(C)c(C)c(C)c2C)cc1. The molecule has 0 radical (unpaired) electrons. The first kappa shape index (κ1) is 15.8. The Morgan fingerprint density at radius 1 is 0.714 bits per heavy atom. The van der Waals surface area contributed by atoms with Crippen molar-refractivity contribution in [2.45, 2.75) is 48.1 Å². The summed E-state index contributed by atoms with van der Waals surface area (Å²) in [6, 6.07) is 9.00. The lowest BCUT2D eigenvalue weighted by atomic mass is 9.86. The van der Waals surface area contributed by atoms with Crippen molar-refractivity contribution in [3.05, 3.63) is 57.6 Å². The summed E-state index contributed by atoms with van der Waals surface area (Å²) in [5.41, 5.74) is 11.2. The number of benzene rings is 2. The van der Waals surface area contributed by atoms with Crippen LogP contribution in [-0.4, -0.2) is 6.54 Å². The van der Waals surface area contributed by atoms with Gasteiger partial charge in [0, 0.05) is 6.54 Å². The maximum atomic E-state index is 3.37. The Hall–Kier alpha value is -1.60. The van der Waals surface area contributed by atoms with Crippen LogP contribution in [0.2, 0.25) is 0 Å². The molecule has 0 aromatic heterocycles. The first-order valence-electron chi connectivity index (χ1n) is 7.84. The highest BCUT2D eigenvalue weighted by Crippen LogP contribution is 2.34. The van der Waals surface area contributed by atoms with E-state index in [2.05, 4.69) is 71.1 Å². The average Bonchev–Trinajstić information content (AvgIpc) is 2.50. The molecule has 0 spiro atoms. The molecule has 1 heteroatoms. The number of rotatable bonds is 4. The summed E-state index contributed by atoms with van der Waals surface area (Å²) < 4.78 is 0. The molecule has 0 fully saturated rings. The van der Waals surface area contributed by atoms with E-state index < -0.39 is 0 Å². The third kappa shape index (κ3) is 3.03. The van der Waals surface area contributed by atoms with Crippen LogP contribution in [0.1, 0.15) is 40.3 Å². The minimum Gasteiger partial charge on any atom is -0.313 e. The van der Waals surface area contributed by atoms with Crippen molar-refractivity contribution in [3.8, 4) is 11.1 Å². The van der Waals surface area contributed by atoms with Gasteiger partial charge in [0.05, 0.1) is 0 Å². The topological polar surface area (TPSA) is 12.0 Å². The minimum atomic E-state index is 0.945. The van der Waals surface area contributed by atoms with E-state index in [0.29, 0.717) is 0 Å². The zero-order valence-corrected chi connectivity index (χ0v) is 14.2. The summed E-state index contributed by atoms with van der Waals surface area (Å²) >= 11 is 0. The van der Waals surface area contributed by atoms with Crippen molar-refractivity contribution >= 4 is 0 Å². The van der Waals surface area contributed by atoms with Crippen LogP contribution >= 0.6 is 0 Å². The van der Waals surface area contributed by atoms with Gasteiger partial charge in [0.15, 0.2) is 0 Å². The van der Waals surface area contributed by atoms with E-state index >= 15 is 0 Å². The van der Waals surface area contributed by atoms with Crippen LogP contribution < -0.4 is 5.32 Å². The van der Waals surface area contributed by atoms with E-state index in [-0.39, 0.29) is 0 Å². The Balaban J connectivity index is 2.47. The molecule has 0 atom stereocenters. The van der Waals surface area contributed by atoms with Gasteiger partial charge < -0.3 is 5.32 Å². The Kier molecular flexibility index (Phi) is 4.84. The first-order chi connectivity index (χ1) is 9.97. The molecule has 0 aliphatic rings. The normalized spacial score (nSPS) is 11.0. The third-order valence-corrected chi connectivity index (χ3v) is 4.82. The Morgan fingerprint density at radius 2 is 1.19 bits per heavy atom. The molecule has 112 valence electrons. The van der Waals surface area contributed by atoms with E-state index in [4.69, 9.17) is 0 Å². The molecule has 0 unspecified atom stereocenters. The van der Waals surface area contributed by atoms with Crippen molar-refractivity contribution in [1.82, 2.24) is 5.32 Å². The number of nitrogens with one attached hydrogen (secondary N) is 1. The van der Waals surface area contributed by atoms with Crippen molar-refractivity contribution < 1.29 is 0 Å². The fourth-order valence-electron chi connectivity index (χ4n) is 2.99. The van der Waals surface area contributed by atoms with E-state index in [0.717, 1.165) is 13.1 Å².